The molecule has 7 nitrogen and oxygen atoms in total. The smallest absolute Gasteiger partial charge is 0.306 e. The van der Waals surface area contributed by atoms with Crippen LogP contribution < -0.4 is 0 Å². The summed E-state index contributed by atoms with van der Waals surface area (Å²) in [5, 5.41) is 8.33. The quantitative estimate of drug-likeness (QED) is 0.683. The Balaban J connectivity index is 1.29. The molecule has 0 bridgehead atoms. The van der Waals surface area contributed by atoms with E-state index in [1.165, 1.54) is 5.56 Å². The lowest BCUT2D eigenvalue weighted by Gasteiger charge is -2.40. The molecule has 0 unspecified atom stereocenters. The summed E-state index contributed by atoms with van der Waals surface area (Å²) >= 11 is 0. The highest BCUT2D eigenvalue weighted by Gasteiger charge is 2.32. The predicted octanol–water partition coefficient (Wildman–Crippen LogP) is 3.26. The summed E-state index contributed by atoms with van der Waals surface area (Å²) in [4.78, 5) is 25.5. The number of aromatic nitrogens is 3. The van der Waals surface area contributed by atoms with Crippen molar-refractivity contribution in [3.8, 4) is 11.3 Å². The van der Waals surface area contributed by atoms with Crippen molar-refractivity contribution in [3.63, 3.8) is 0 Å². The molecule has 0 N–H and O–H groups in total. The molecule has 2 saturated heterocycles. The minimum absolute atomic E-state index is 0.130. The second-order valence-electron chi connectivity index (χ2n) is 9.75. The van der Waals surface area contributed by atoms with Crippen LogP contribution in [0.1, 0.15) is 51.5 Å². The van der Waals surface area contributed by atoms with Gasteiger partial charge in [-0.25, -0.2) is 4.68 Å². The van der Waals surface area contributed by atoms with Gasteiger partial charge in [-0.2, -0.15) is 0 Å². The third kappa shape index (κ3) is 4.71. The van der Waals surface area contributed by atoms with Gasteiger partial charge >= 0.3 is 5.97 Å². The van der Waals surface area contributed by atoms with Gasteiger partial charge in [0, 0.05) is 43.5 Å². The predicted molar refractivity (Wildman–Crippen MR) is 113 cm³/mol. The molecule has 4 rings (SSSR count). The number of likely N-dealkylation sites (tertiary alicyclic amines) is 1. The maximum absolute atomic E-state index is 12.4. The molecule has 1 aromatic heterocycles. The Morgan fingerprint density at radius 2 is 1.93 bits per heavy atom. The van der Waals surface area contributed by atoms with Gasteiger partial charge in [0.25, 0.3) is 0 Å². The van der Waals surface area contributed by atoms with Crippen molar-refractivity contribution < 1.29 is 14.3 Å². The second kappa shape index (κ2) is 8.20. The van der Waals surface area contributed by atoms with Gasteiger partial charge in [0.15, 0.2) is 0 Å². The topological polar surface area (TPSA) is 77.3 Å². The van der Waals surface area contributed by atoms with E-state index >= 15 is 0 Å². The number of hydrogen-bond acceptors (Lipinski definition) is 5. The van der Waals surface area contributed by atoms with Crippen LogP contribution in [0.5, 0.6) is 0 Å². The summed E-state index contributed by atoms with van der Waals surface area (Å²) in [6, 6.07) is 8.54. The molecule has 2 fully saturated rings. The van der Waals surface area contributed by atoms with Gasteiger partial charge in [-0.1, -0.05) is 50.3 Å². The van der Waals surface area contributed by atoms with Crippen LogP contribution >= 0.6 is 0 Å². The summed E-state index contributed by atoms with van der Waals surface area (Å²) in [7, 11) is 0. The Labute approximate surface area is 177 Å². The highest BCUT2D eigenvalue weighted by Crippen LogP contribution is 2.30. The van der Waals surface area contributed by atoms with Gasteiger partial charge in [0.05, 0.1) is 24.9 Å². The average Bonchev–Trinajstić information content (AvgIpc) is 3.27. The van der Waals surface area contributed by atoms with E-state index in [2.05, 4.69) is 55.3 Å². The lowest BCUT2D eigenvalue weighted by atomic mass is 9.90. The third-order valence-electron chi connectivity index (χ3n) is 5.86. The minimum Gasteiger partial charge on any atom is -0.465 e. The zero-order valence-electron chi connectivity index (χ0n) is 18.0. The largest absolute Gasteiger partial charge is 0.465 e. The molecule has 2 aliphatic rings. The monoisotopic (exact) mass is 410 g/mol. The first-order chi connectivity index (χ1) is 14.3. The molecule has 1 aromatic carbocycles. The average molecular weight is 411 g/mol. The van der Waals surface area contributed by atoms with Gasteiger partial charge in [-0.15, -0.1) is 5.10 Å². The summed E-state index contributed by atoms with van der Waals surface area (Å²) in [5.74, 6) is 0.626. The van der Waals surface area contributed by atoms with Gasteiger partial charge in [-0.05, 0) is 17.4 Å². The molecule has 0 aliphatic carbocycles. The highest BCUT2D eigenvalue weighted by atomic mass is 16.5. The molecule has 160 valence electrons. The number of rotatable bonds is 6. The van der Waals surface area contributed by atoms with E-state index in [9.17, 15) is 9.59 Å². The number of carbonyl (C=O) groups is 2. The summed E-state index contributed by atoms with van der Waals surface area (Å²) < 4.78 is 6.93. The Bertz CT molecular complexity index is 907. The van der Waals surface area contributed by atoms with Crippen LogP contribution in [0.25, 0.3) is 11.3 Å². The number of esters is 1. The molecule has 30 heavy (non-hydrogen) atoms. The van der Waals surface area contributed by atoms with Gasteiger partial charge < -0.3 is 9.64 Å². The van der Waals surface area contributed by atoms with Crippen molar-refractivity contribution in [1.82, 2.24) is 19.9 Å². The van der Waals surface area contributed by atoms with Crippen LogP contribution in [0.3, 0.4) is 0 Å². The minimum atomic E-state index is -0.142. The Hall–Kier alpha value is -2.70. The zero-order chi connectivity index (χ0) is 21.3. The molecular formula is C23H30N4O3. The lowest BCUT2D eigenvalue weighted by molar-refractivity contribution is -0.138. The van der Waals surface area contributed by atoms with Crippen LogP contribution in [0.2, 0.25) is 0 Å². The molecule has 3 heterocycles. The van der Waals surface area contributed by atoms with Crippen LogP contribution in [0.15, 0.2) is 30.5 Å². The van der Waals surface area contributed by atoms with E-state index in [4.69, 9.17) is 4.74 Å². The molecular weight excluding hydrogens is 380 g/mol. The fourth-order valence-electron chi connectivity index (χ4n) is 4.10. The molecule has 0 saturated carbocycles. The zero-order valence-corrected chi connectivity index (χ0v) is 18.0. The van der Waals surface area contributed by atoms with Crippen LogP contribution in [-0.2, 0) is 20.9 Å². The van der Waals surface area contributed by atoms with Crippen molar-refractivity contribution in [2.24, 2.45) is 11.3 Å². The number of carbonyl (C=O) groups excluding carboxylic acids is 2. The molecule has 7 heteroatoms. The number of benzene rings is 1. The fourth-order valence-corrected chi connectivity index (χ4v) is 4.10. The SMILES string of the molecule is CC(C)(C)Cn1nncc1-c1ccc(C2CN(C(=O)CC[C@@H]3COC(=O)C3)C2)cc1. The Morgan fingerprint density at radius 1 is 1.20 bits per heavy atom. The van der Waals surface area contributed by atoms with Crippen LogP contribution in [0, 0.1) is 11.3 Å². The number of amides is 1. The van der Waals surface area contributed by atoms with E-state index in [0.717, 1.165) is 37.3 Å². The standard InChI is InChI=1S/C23H30N4O3/c1-23(2,3)15-27-20(11-24-25-27)18-7-5-17(6-8-18)19-12-26(13-19)21(28)9-4-16-10-22(29)30-14-16/h5-8,11,16,19H,4,9-10,12-15H2,1-3H3/t16-/m0/s1. The van der Waals surface area contributed by atoms with Gasteiger partial charge in [-0.3, -0.25) is 9.59 Å². The summed E-state index contributed by atoms with van der Waals surface area (Å²) in [6.45, 7) is 9.37. The van der Waals surface area contributed by atoms with Crippen molar-refractivity contribution in [2.45, 2.75) is 52.5 Å². The van der Waals surface area contributed by atoms with E-state index in [0.29, 0.717) is 25.4 Å². The summed E-state index contributed by atoms with van der Waals surface area (Å²) in [6.07, 6.45) is 3.49. The van der Waals surface area contributed by atoms with E-state index in [-0.39, 0.29) is 23.2 Å². The lowest BCUT2D eigenvalue weighted by Crippen LogP contribution is -2.48. The molecule has 1 atom stereocenters. The normalized spacial score (nSPS) is 19.6. The first-order valence-corrected chi connectivity index (χ1v) is 10.7. The summed E-state index contributed by atoms with van der Waals surface area (Å²) in [5.41, 5.74) is 3.52. The van der Waals surface area contributed by atoms with E-state index in [1.807, 2.05) is 15.8 Å². The van der Waals surface area contributed by atoms with Gasteiger partial charge in [0.1, 0.15) is 0 Å². The fraction of sp³-hybridized carbons (Fsp3) is 0.565. The molecule has 1 amide bonds. The third-order valence-corrected chi connectivity index (χ3v) is 5.86. The highest BCUT2D eigenvalue weighted by molar-refractivity contribution is 5.77. The van der Waals surface area contributed by atoms with Crippen molar-refractivity contribution in [2.75, 3.05) is 19.7 Å². The van der Waals surface area contributed by atoms with Crippen molar-refractivity contribution in [3.05, 3.63) is 36.0 Å². The second-order valence-corrected chi connectivity index (χ2v) is 9.75. The molecule has 2 aromatic rings. The number of ether oxygens (including phenoxy) is 1. The van der Waals surface area contributed by atoms with E-state index in [1.54, 1.807) is 0 Å². The number of nitrogens with zero attached hydrogens (tertiary/aromatic N) is 4. The van der Waals surface area contributed by atoms with Crippen LogP contribution in [-0.4, -0.2) is 51.5 Å². The molecule has 2 aliphatic heterocycles. The maximum Gasteiger partial charge on any atom is 0.306 e. The number of hydrogen-bond donors (Lipinski definition) is 0. The first kappa shape index (κ1) is 20.6. The van der Waals surface area contributed by atoms with Crippen molar-refractivity contribution in [1.29, 1.82) is 0 Å². The number of cyclic esters (lactones) is 1. The molecule has 0 radical (unpaired) electrons. The van der Waals surface area contributed by atoms with Crippen LogP contribution in [0.4, 0.5) is 0 Å². The van der Waals surface area contributed by atoms with Gasteiger partial charge in [0.2, 0.25) is 5.91 Å². The first-order valence-electron chi connectivity index (χ1n) is 10.7. The maximum atomic E-state index is 12.4. The Morgan fingerprint density at radius 3 is 2.57 bits per heavy atom. The Kier molecular flexibility index (Phi) is 5.62. The van der Waals surface area contributed by atoms with E-state index < -0.39 is 0 Å². The molecule has 0 spiro atoms. The van der Waals surface area contributed by atoms with Crippen molar-refractivity contribution >= 4 is 11.9 Å².